The molecule has 2 N–H and O–H groups in total. The van der Waals surface area contributed by atoms with Crippen LogP contribution >= 0.6 is 0 Å². The molecule has 0 aliphatic rings. The van der Waals surface area contributed by atoms with E-state index < -0.39 is 39.3 Å². The molecule has 118 valence electrons. The maximum atomic E-state index is 12.1. The van der Waals surface area contributed by atoms with Gasteiger partial charge in [0, 0.05) is 0 Å². The van der Waals surface area contributed by atoms with E-state index in [-0.39, 0.29) is 5.92 Å². The molecule has 0 radical (unpaired) electrons. The van der Waals surface area contributed by atoms with Gasteiger partial charge in [-0.1, -0.05) is 27.7 Å². The first-order chi connectivity index (χ1) is 9.02. The SMILES string of the molecule is CCC(CC)(OS(=O)(=O)C(CC(=O)O)C(=O)O)C(C)C. The van der Waals surface area contributed by atoms with Crippen molar-refractivity contribution in [3.8, 4) is 0 Å². The Bertz CT molecular complexity index is 448. The Morgan fingerprint density at radius 1 is 1.15 bits per heavy atom. The van der Waals surface area contributed by atoms with Crippen LogP contribution in [0.1, 0.15) is 47.0 Å². The lowest BCUT2D eigenvalue weighted by atomic mass is 9.85. The number of hydrogen-bond donors (Lipinski definition) is 2. The summed E-state index contributed by atoms with van der Waals surface area (Å²) in [5.41, 5.74) is -1.02. The van der Waals surface area contributed by atoms with Gasteiger partial charge in [-0.15, -0.1) is 0 Å². The second kappa shape index (κ2) is 7.03. The number of aliphatic carboxylic acids is 2. The summed E-state index contributed by atoms with van der Waals surface area (Å²) in [6.45, 7) is 7.03. The van der Waals surface area contributed by atoms with E-state index in [9.17, 15) is 18.0 Å². The Labute approximate surface area is 119 Å². The van der Waals surface area contributed by atoms with E-state index in [1.54, 1.807) is 27.7 Å². The number of rotatable bonds is 9. The van der Waals surface area contributed by atoms with Crippen LogP contribution in [0.4, 0.5) is 0 Å². The predicted octanol–water partition coefficient (Wildman–Crippen LogP) is 1.48. The molecule has 7 nitrogen and oxygen atoms in total. The lowest BCUT2D eigenvalue weighted by molar-refractivity contribution is -0.143. The first-order valence-corrected chi connectivity index (χ1v) is 7.88. The second-order valence-electron chi connectivity index (χ2n) is 4.93. The molecule has 0 aromatic rings. The summed E-state index contributed by atoms with van der Waals surface area (Å²) in [5, 5.41) is 15.5. The quantitative estimate of drug-likeness (QED) is 0.619. The van der Waals surface area contributed by atoms with Gasteiger partial charge in [-0.3, -0.25) is 13.8 Å². The van der Waals surface area contributed by atoms with Gasteiger partial charge in [-0.25, -0.2) is 0 Å². The third-order valence-electron chi connectivity index (χ3n) is 3.52. The summed E-state index contributed by atoms with van der Waals surface area (Å²) in [4.78, 5) is 21.6. The first-order valence-electron chi connectivity index (χ1n) is 6.41. The van der Waals surface area contributed by atoms with E-state index in [1.165, 1.54) is 0 Å². The van der Waals surface area contributed by atoms with Gasteiger partial charge in [-0.05, 0) is 18.8 Å². The Hall–Kier alpha value is -1.15. The Balaban J connectivity index is 5.49. The highest BCUT2D eigenvalue weighted by molar-refractivity contribution is 7.88. The second-order valence-corrected chi connectivity index (χ2v) is 6.65. The molecule has 0 aliphatic heterocycles. The fourth-order valence-electron chi connectivity index (χ4n) is 2.04. The monoisotopic (exact) mass is 310 g/mol. The van der Waals surface area contributed by atoms with Gasteiger partial charge < -0.3 is 10.2 Å². The minimum absolute atomic E-state index is 0.161. The first kappa shape index (κ1) is 18.9. The van der Waals surface area contributed by atoms with Crippen LogP contribution in [0.2, 0.25) is 0 Å². The predicted molar refractivity (Wildman–Crippen MR) is 71.8 cm³/mol. The molecule has 0 rings (SSSR count). The van der Waals surface area contributed by atoms with Crippen LogP contribution < -0.4 is 0 Å². The zero-order valence-corrected chi connectivity index (χ0v) is 12.9. The van der Waals surface area contributed by atoms with E-state index in [2.05, 4.69) is 0 Å². The molecule has 1 atom stereocenters. The molecular formula is C12H22O7S. The molecule has 0 saturated heterocycles. The van der Waals surface area contributed by atoms with E-state index in [1.807, 2.05) is 0 Å². The third kappa shape index (κ3) is 4.45. The summed E-state index contributed by atoms with van der Waals surface area (Å²) in [5.74, 6) is -3.39. The number of carboxylic acids is 2. The van der Waals surface area contributed by atoms with Crippen LogP contribution in [0.25, 0.3) is 0 Å². The highest BCUT2D eigenvalue weighted by Gasteiger charge is 2.43. The third-order valence-corrected chi connectivity index (χ3v) is 5.14. The van der Waals surface area contributed by atoms with E-state index in [0.29, 0.717) is 12.8 Å². The summed E-state index contributed by atoms with van der Waals surface area (Å²) in [6.07, 6.45) is -0.279. The molecule has 0 heterocycles. The summed E-state index contributed by atoms with van der Waals surface area (Å²) >= 11 is 0. The molecule has 0 aromatic carbocycles. The molecule has 0 aromatic heterocycles. The molecule has 20 heavy (non-hydrogen) atoms. The lowest BCUT2D eigenvalue weighted by Crippen LogP contribution is -2.44. The van der Waals surface area contributed by atoms with Crippen LogP contribution in [-0.4, -0.2) is 41.4 Å². The zero-order chi connectivity index (χ0) is 16.1. The molecular weight excluding hydrogens is 288 g/mol. The van der Waals surface area contributed by atoms with Crippen molar-refractivity contribution in [1.82, 2.24) is 0 Å². The van der Waals surface area contributed by atoms with Crippen molar-refractivity contribution < 1.29 is 32.4 Å². The van der Waals surface area contributed by atoms with E-state index >= 15 is 0 Å². The van der Waals surface area contributed by atoms with Crippen molar-refractivity contribution >= 4 is 22.1 Å². The van der Waals surface area contributed by atoms with Gasteiger partial charge in [0.25, 0.3) is 10.1 Å². The molecule has 0 bridgehead atoms. The van der Waals surface area contributed by atoms with Crippen LogP contribution in [0.3, 0.4) is 0 Å². The summed E-state index contributed by atoms with van der Waals surface area (Å²) < 4.78 is 29.3. The highest BCUT2D eigenvalue weighted by atomic mass is 32.2. The van der Waals surface area contributed by atoms with Crippen molar-refractivity contribution in [3.63, 3.8) is 0 Å². The van der Waals surface area contributed by atoms with Crippen LogP contribution in [-0.2, 0) is 23.9 Å². The van der Waals surface area contributed by atoms with Crippen molar-refractivity contribution in [2.45, 2.75) is 57.8 Å². The van der Waals surface area contributed by atoms with E-state index in [0.717, 1.165) is 0 Å². The Kier molecular flexibility index (Phi) is 6.63. The number of carbonyl (C=O) groups is 2. The van der Waals surface area contributed by atoms with Gasteiger partial charge in [-0.2, -0.15) is 8.42 Å². The highest BCUT2D eigenvalue weighted by Crippen LogP contribution is 2.32. The topological polar surface area (TPSA) is 118 Å². The van der Waals surface area contributed by atoms with Crippen molar-refractivity contribution in [2.75, 3.05) is 0 Å². The molecule has 0 spiro atoms. The fraction of sp³-hybridized carbons (Fsp3) is 0.833. The van der Waals surface area contributed by atoms with Gasteiger partial charge in [0.05, 0.1) is 12.0 Å². The molecule has 0 saturated carbocycles. The van der Waals surface area contributed by atoms with E-state index in [4.69, 9.17) is 14.4 Å². The molecule has 1 unspecified atom stereocenters. The molecule has 8 heteroatoms. The zero-order valence-electron chi connectivity index (χ0n) is 12.1. The summed E-state index contributed by atoms with van der Waals surface area (Å²) in [7, 11) is -4.52. The minimum Gasteiger partial charge on any atom is -0.481 e. The average Bonchev–Trinajstić information content (AvgIpc) is 2.32. The minimum atomic E-state index is -4.52. The molecule has 0 aliphatic carbocycles. The normalized spacial score (nSPS) is 14.2. The van der Waals surface area contributed by atoms with Crippen molar-refractivity contribution in [1.29, 1.82) is 0 Å². The van der Waals surface area contributed by atoms with Crippen molar-refractivity contribution in [2.24, 2.45) is 5.92 Å². The number of carboxylic acid groups (broad SMARTS) is 2. The Morgan fingerprint density at radius 3 is 1.85 bits per heavy atom. The lowest BCUT2D eigenvalue weighted by Gasteiger charge is -2.35. The number of hydrogen-bond acceptors (Lipinski definition) is 5. The van der Waals surface area contributed by atoms with Gasteiger partial charge in [0.1, 0.15) is 0 Å². The average molecular weight is 310 g/mol. The smallest absolute Gasteiger partial charge is 0.325 e. The van der Waals surface area contributed by atoms with Crippen LogP contribution in [0.15, 0.2) is 0 Å². The van der Waals surface area contributed by atoms with Gasteiger partial charge >= 0.3 is 11.9 Å². The molecule has 0 amide bonds. The maximum Gasteiger partial charge on any atom is 0.325 e. The van der Waals surface area contributed by atoms with Gasteiger partial charge in [0.2, 0.25) is 0 Å². The van der Waals surface area contributed by atoms with Gasteiger partial charge in [0.15, 0.2) is 5.25 Å². The largest absolute Gasteiger partial charge is 0.481 e. The fourth-order valence-corrected chi connectivity index (χ4v) is 3.64. The maximum absolute atomic E-state index is 12.1. The Morgan fingerprint density at radius 2 is 1.60 bits per heavy atom. The standard InChI is InChI=1S/C12H22O7S/c1-5-12(6-2,8(3)4)19-20(17,18)9(11(15)16)7-10(13)14/h8-9H,5-7H2,1-4H3,(H,13,14)(H,15,16). The molecule has 0 fully saturated rings. The van der Waals surface area contributed by atoms with Crippen LogP contribution in [0, 0.1) is 5.92 Å². The summed E-state index contributed by atoms with van der Waals surface area (Å²) in [6, 6.07) is 0. The van der Waals surface area contributed by atoms with Crippen molar-refractivity contribution in [3.05, 3.63) is 0 Å². The van der Waals surface area contributed by atoms with Crippen LogP contribution in [0.5, 0.6) is 0 Å².